The van der Waals surface area contributed by atoms with Crippen molar-refractivity contribution in [3.8, 4) is 28.4 Å². The third-order valence-electron chi connectivity index (χ3n) is 8.16. The molecule has 0 saturated carbocycles. The number of fused-ring (bicyclic) bond motifs is 2. The van der Waals surface area contributed by atoms with E-state index in [1.54, 1.807) is 16.8 Å². The van der Waals surface area contributed by atoms with Gasteiger partial charge in [0.05, 0.1) is 22.4 Å². The number of amides is 2. The van der Waals surface area contributed by atoms with Gasteiger partial charge in [-0.05, 0) is 67.9 Å². The van der Waals surface area contributed by atoms with Gasteiger partial charge in [0.2, 0.25) is 18.6 Å². The molecule has 3 aromatic carbocycles. The number of halogens is 1. The summed E-state index contributed by atoms with van der Waals surface area (Å²) in [5.41, 5.74) is 3.82. The lowest BCUT2D eigenvalue weighted by Crippen LogP contribution is -2.44. The molecule has 0 spiro atoms. The summed E-state index contributed by atoms with van der Waals surface area (Å²) in [4.78, 5) is 31.1. The first-order chi connectivity index (χ1) is 21.5. The number of hydrogen-bond donors (Lipinski definition) is 1. The monoisotopic (exact) mass is 613 g/mol. The minimum Gasteiger partial charge on any atom is -0.454 e. The molecule has 1 unspecified atom stereocenters. The summed E-state index contributed by atoms with van der Waals surface area (Å²) in [6.07, 6.45) is 2.36. The Morgan fingerprint density at radius 3 is 2.57 bits per heavy atom. The van der Waals surface area contributed by atoms with Gasteiger partial charge >= 0.3 is 0 Å². The number of benzene rings is 3. The number of anilines is 1. The van der Waals surface area contributed by atoms with Gasteiger partial charge in [-0.3, -0.25) is 14.5 Å². The molecule has 1 N–H and O–H groups in total. The van der Waals surface area contributed by atoms with E-state index in [0.717, 1.165) is 36.3 Å². The summed E-state index contributed by atoms with van der Waals surface area (Å²) < 4.78 is 27.0. The predicted octanol–water partition coefficient (Wildman–Crippen LogP) is 4.79. The second-order valence-corrected chi connectivity index (χ2v) is 12.1. The van der Waals surface area contributed by atoms with E-state index < -0.39 is 0 Å². The molecule has 0 bridgehead atoms. The molecule has 3 aliphatic rings. The van der Waals surface area contributed by atoms with E-state index in [1.165, 1.54) is 41.6 Å². The molecule has 3 aliphatic heterocycles. The fourth-order valence-electron chi connectivity index (χ4n) is 5.99. The number of carbonyl (C=O) groups excluding carboxylic acids is 2. The molecule has 1 saturated heterocycles. The molecule has 1 aromatic heterocycles. The second-order valence-electron chi connectivity index (χ2n) is 11.0. The average Bonchev–Trinajstić information content (AvgIpc) is 3.80. The highest BCUT2D eigenvalue weighted by molar-refractivity contribution is 8.00. The van der Waals surface area contributed by atoms with Crippen LogP contribution in [0.2, 0.25) is 0 Å². The maximum Gasteiger partial charge on any atom is 0.240 e. The second kappa shape index (κ2) is 12.3. The molecule has 1 fully saturated rings. The molecular weight excluding hydrogens is 581 g/mol. The van der Waals surface area contributed by atoms with Gasteiger partial charge < -0.3 is 19.7 Å². The molecule has 11 heteroatoms. The number of carbonyl (C=O) groups is 2. The molecule has 9 nitrogen and oxygen atoms in total. The largest absolute Gasteiger partial charge is 0.454 e. The maximum atomic E-state index is 14.0. The third-order valence-corrected chi connectivity index (χ3v) is 9.41. The fourth-order valence-corrected chi connectivity index (χ4v) is 7.18. The molecular formula is C33H32FN5O4S. The van der Waals surface area contributed by atoms with Gasteiger partial charge in [-0.1, -0.05) is 36.4 Å². The minimum atomic E-state index is -0.380. The van der Waals surface area contributed by atoms with Crippen molar-refractivity contribution >= 4 is 29.4 Å². The summed E-state index contributed by atoms with van der Waals surface area (Å²) >= 11 is 1.48. The van der Waals surface area contributed by atoms with Crippen LogP contribution in [-0.4, -0.2) is 71.8 Å². The van der Waals surface area contributed by atoms with Crippen LogP contribution in [0.4, 0.5) is 10.2 Å². The fraction of sp³-hybridized carbons (Fsp3) is 0.303. The van der Waals surface area contributed by atoms with Crippen molar-refractivity contribution < 1.29 is 23.5 Å². The number of hydrogen-bond acceptors (Lipinski definition) is 7. The van der Waals surface area contributed by atoms with Crippen molar-refractivity contribution in [2.24, 2.45) is 0 Å². The van der Waals surface area contributed by atoms with E-state index in [-0.39, 0.29) is 42.0 Å². The number of rotatable bonds is 8. The number of thioether (sulfide) groups is 1. The highest BCUT2D eigenvalue weighted by Gasteiger charge is 2.38. The highest BCUT2D eigenvalue weighted by atomic mass is 32.2. The molecule has 4 aromatic rings. The van der Waals surface area contributed by atoms with Gasteiger partial charge in [-0.25, -0.2) is 9.07 Å². The van der Waals surface area contributed by atoms with Gasteiger partial charge in [-0.2, -0.15) is 5.10 Å². The molecule has 4 heterocycles. The smallest absolute Gasteiger partial charge is 0.240 e. The van der Waals surface area contributed by atoms with Crippen LogP contribution in [0.25, 0.3) is 16.9 Å². The zero-order valence-corrected chi connectivity index (χ0v) is 24.9. The van der Waals surface area contributed by atoms with Crippen LogP contribution in [0.3, 0.4) is 0 Å². The van der Waals surface area contributed by atoms with Crippen LogP contribution >= 0.6 is 11.8 Å². The van der Waals surface area contributed by atoms with Crippen molar-refractivity contribution in [2.75, 3.05) is 50.2 Å². The summed E-state index contributed by atoms with van der Waals surface area (Å²) in [5.74, 6) is 1.10. The summed E-state index contributed by atoms with van der Waals surface area (Å²) in [7, 11) is 0. The zero-order chi connectivity index (χ0) is 30.0. The molecule has 7 rings (SSSR count). The molecule has 2 amide bonds. The zero-order valence-electron chi connectivity index (χ0n) is 24.1. The first-order valence-corrected chi connectivity index (χ1v) is 15.8. The minimum absolute atomic E-state index is 0.145. The Bertz CT molecular complexity index is 1670. The van der Waals surface area contributed by atoms with E-state index >= 15 is 0 Å². The van der Waals surface area contributed by atoms with Gasteiger partial charge in [0.15, 0.2) is 11.5 Å². The average molecular weight is 614 g/mol. The van der Waals surface area contributed by atoms with Crippen LogP contribution in [0, 0.1) is 5.82 Å². The number of nitrogens with one attached hydrogen (secondary N) is 1. The lowest BCUT2D eigenvalue weighted by molar-refractivity contribution is -0.122. The lowest BCUT2D eigenvalue weighted by Gasteiger charge is -2.23. The van der Waals surface area contributed by atoms with Crippen molar-refractivity contribution in [2.45, 2.75) is 18.1 Å². The third kappa shape index (κ3) is 5.65. The Morgan fingerprint density at radius 1 is 1.00 bits per heavy atom. The summed E-state index contributed by atoms with van der Waals surface area (Å²) in [6.45, 7) is 3.36. The SMILES string of the molecule is O=C(CN1C(=O)CSC(c2ccc3c(c2)OCO3)c2c(-c3ccccc3)nn(-c3ccc(F)cc3)c21)NCCN1CCCC1. The van der Waals surface area contributed by atoms with E-state index in [4.69, 9.17) is 14.6 Å². The van der Waals surface area contributed by atoms with E-state index in [2.05, 4.69) is 10.2 Å². The predicted molar refractivity (Wildman–Crippen MR) is 167 cm³/mol. The summed E-state index contributed by atoms with van der Waals surface area (Å²) in [6, 6.07) is 21.5. The van der Waals surface area contributed by atoms with E-state index in [1.807, 2.05) is 48.5 Å². The van der Waals surface area contributed by atoms with Gasteiger partial charge in [0, 0.05) is 24.2 Å². The molecule has 44 heavy (non-hydrogen) atoms. The maximum absolute atomic E-state index is 14.0. The Kier molecular flexibility index (Phi) is 7.97. The van der Waals surface area contributed by atoms with Crippen LogP contribution in [-0.2, 0) is 9.59 Å². The van der Waals surface area contributed by atoms with E-state index in [0.29, 0.717) is 35.2 Å². The Labute approximate surface area is 258 Å². The Hall–Kier alpha value is -4.35. The van der Waals surface area contributed by atoms with Gasteiger partial charge in [-0.15, -0.1) is 11.8 Å². The topological polar surface area (TPSA) is 88.9 Å². The van der Waals surface area contributed by atoms with Gasteiger partial charge in [0.1, 0.15) is 18.2 Å². The van der Waals surface area contributed by atoms with Gasteiger partial charge in [0.25, 0.3) is 0 Å². The number of nitrogens with zero attached hydrogens (tertiary/aromatic N) is 4. The van der Waals surface area contributed by atoms with Crippen molar-refractivity contribution in [1.29, 1.82) is 0 Å². The Morgan fingerprint density at radius 2 is 1.77 bits per heavy atom. The van der Waals surface area contributed by atoms with Crippen molar-refractivity contribution in [1.82, 2.24) is 20.0 Å². The van der Waals surface area contributed by atoms with Crippen molar-refractivity contribution in [3.63, 3.8) is 0 Å². The van der Waals surface area contributed by atoms with Crippen LogP contribution in [0.1, 0.15) is 29.2 Å². The standard InChI is InChI=1S/C33H32FN5O4S/c34-24-9-11-25(12-10-24)39-33-30(31(36-39)22-6-2-1-3-7-22)32(23-8-13-26-27(18-23)43-21-42-26)44-20-29(41)38(33)19-28(40)35-14-17-37-15-4-5-16-37/h1-3,6-13,18,32H,4-5,14-17,19-21H2,(H,35,40). The number of ether oxygens (including phenoxy) is 2. The molecule has 226 valence electrons. The summed E-state index contributed by atoms with van der Waals surface area (Å²) in [5, 5.41) is 7.74. The first-order valence-electron chi connectivity index (χ1n) is 14.8. The Balaban J connectivity index is 1.34. The number of likely N-dealkylation sites (tertiary alicyclic amines) is 1. The normalized spacial score (nSPS) is 17.9. The van der Waals surface area contributed by atoms with Crippen LogP contribution in [0.15, 0.2) is 72.8 Å². The van der Waals surface area contributed by atoms with Crippen LogP contribution < -0.4 is 19.7 Å². The number of aromatic nitrogens is 2. The quantitative estimate of drug-likeness (QED) is 0.306. The molecule has 0 aliphatic carbocycles. The first kappa shape index (κ1) is 28.4. The molecule has 0 radical (unpaired) electrons. The lowest BCUT2D eigenvalue weighted by atomic mass is 9.99. The van der Waals surface area contributed by atoms with Crippen LogP contribution in [0.5, 0.6) is 11.5 Å². The molecule has 1 atom stereocenters. The van der Waals surface area contributed by atoms with Crippen molar-refractivity contribution in [3.05, 3.63) is 89.7 Å². The van der Waals surface area contributed by atoms with E-state index in [9.17, 15) is 14.0 Å². The highest BCUT2D eigenvalue weighted by Crippen LogP contribution is 2.50.